The van der Waals surface area contributed by atoms with Crippen molar-refractivity contribution in [2.24, 2.45) is 0 Å². The van der Waals surface area contributed by atoms with Gasteiger partial charge in [0.15, 0.2) is 11.5 Å². The maximum atomic E-state index is 12.0. The molecule has 1 N–H and O–H groups in total. The Labute approximate surface area is 156 Å². The van der Waals surface area contributed by atoms with Gasteiger partial charge < -0.3 is 9.15 Å². The third kappa shape index (κ3) is 4.84. The molecule has 0 aliphatic carbocycles. The molecule has 0 saturated carbocycles. The van der Waals surface area contributed by atoms with Crippen molar-refractivity contribution in [2.75, 3.05) is 5.32 Å². The second-order valence-corrected chi connectivity index (χ2v) is 6.07. The van der Waals surface area contributed by atoms with Crippen LogP contribution in [0.2, 0.25) is 0 Å². The minimum Gasteiger partial charge on any atom is -0.456 e. The van der Waals surface area contributed by atoms with Gasteiger partial charge in [0.2, 0.25) is 0 Å². The van der Waals surface area contributed by atoms with Crippen LogP contribution in [0, 0.1) is 0 Å². The van der Waals surface area contributed by atoms with Gasteiger partial charge in [-0.2, -0.15) is 5.10 Å². The summed E-state index contributed by atoms with van der Waals surface area (Å²) in [6, 6.07) is 11.2. The number of benzene rings is 1. The van der Waals surface area contributed by atoms with Gasteiger partial charge in [0.05, 0.1) is 18.4 Å². The number of nitrogens with zero attached hydrogens (tertiary/aromatic N) is 2. The predicted molar refractivity (Wildman–Crippen MR) is 99.7 cm³/mol. The van der Waals surface area contributed by atoms with Crippen LogP contribution in [0.25, 0.3) is 0 Å². The lowest BCUT2D eigenvalue weighted by atomic mass is 10.1. The zero-order valence-corrected chi connectivity index (χ0v) is 15.3. The second-order valence-electron chi connectivity index (χ2n) is 6.07. The Morgan fingerprint density at radius 1 is 1.19 bits per heavy atom. The number of anilines is 1. The van der Waals surface area contributed by atoms with Crippen LogP contribution in [-0.4, -0.2) is 21.7 Å². The number of amides is 1. The molecule has 0 aliphatic heterocycles. The highest BCUT2D eigenvalue weighted by molar-refractivity contribution is 5.91. The zero-order valence-electron chi connectivity index (χ0n) is 15.3. The smallest absolute Gasteiger partial charge is 0.412 e. The number of ketones is 1. The standard InChI is InChI=1S/C20H21N3O4/c1-3-15-6-4-5-7-16(15)13-26-20(25)22-17-10-21-23(11-17)12-18-8-9-19(27-18)14(2)24/h4-11H,3,12-13H2,1-2H3,(H,22,25). The lowest BCUT2D eigenvalue weighted by molar-refractivity contribution is 0.0985. The van der Waals surface area contributed by atoms with E-state index in [0.29, 0.717) is 23.8 Å². The highest BCUT2D eigenvalue weighted by Crippen LogP contribution is 2.14. The molecule has 7 heteroatoms. The van der Waals surface area contributed by atoms with E-state index in [-0.39, 0.29) is 12.4 Å². The highest BCUT2D eigenvalue weighted by atomic mass is 16.5. The quantitative estimate of drug-likeness (QED) is 0.637. The number of aryl methyl sites for hydroxylation is 1. The van der Waals surface area contributed by atoms with Gasteiger partial charge in [-0.15, -0.1) is 0 Å². The number of hydrogen-bond donors (Lipinski definition) is 1. The molecule has 3 aromatic rings. The first-order valence-electron chi connectivity index (χ1n) is 8.68. The molecule has 0 radical (unpaired) electrons. The topological polar surface area (TPSA) is 86.4 Å². The van der Waals surface area contributed by atoms with E-state index in [2.05, 4.69) is 17.3 Å². The molecule has 27 heavy (non-hydrogen) atoms. The minimum absolute atomic E-state index is 0.128. The van der Waals surface area contributed by atoms with Crippen LogP contribution in [0.5, 0.6) is 0 Å². The van der Waals surface area contributed by atoms with Gasteiger partial charge in [0.25, 0.3) is 0 Å². The van der Waals surface area contributed by atoms with Gasteiger partial charge in [0.1, 0.15) is 12.4 Å². The Bertz CT molecular complexity index is 942. The number of furan rings is 1. The van der Waals surface area contributed by atoms with Crippen LogP contribution < -0.4 is 5.32 Å². The van der Waals surface area contributed by atoms with Crippen LogP contribution in [-0.2, 0) is 24.3 Å². The summed E-state index contributed by atoms with van der Waals surface area (Å²) in [6.45, 7) is 4.08. The normalized spacial score (nSPS) is 10.6. The number of carbonyl (C=O) groups excluding carboxylic acids is 2. The summed E-state index contributed by atoms with van der Waals surface area (Å²) < 4.78 is 12.3. The number of hydrogen-bond acceptors (Lipinski definition) is 5. The Kier molecular flexibility index (Phi) is 5.71. The first-order chi connectivity index (χ1) is 13.0. The minimum atomic E-state index is -0.544. The number of aromatic nitrogens is 2. The van der Waals surface area contributed by atoms with Gasteiger partial charge in [-0.3, -0.25) is 14.8 Å². The Hall–Kier alpha value is -3.35. The fraction of sp³-hybridized carbons (Fsp3) is 0.250. The van der Waals surface area contributed by atoms with Crippen molar-refractivity contribution in [3.8, 4) is 0 Å². The summed E-state index contributed by atoms with van der Waals surface area (Å²) in [5.41, 5.74) is 2.66. The van der Waals surface area contributed by atoms with Crippen LogP contribution in [0.3, 0.4) is 0 Å². The van der Waals surface area contributed by atoms with Crippen LogP contribution >= 0.6 is 0 Å². The maximum Gasteiger partial charge on any atom is 0.412 e. The molecule has 0 aliphatic rings. The van der Waals surface area contributed by atoms with E-state index in [4.69, 9.17) is 9.15 Å². The predicted octanol–water partition coefficient (Wildman–Crippen LogP) is 4.04. The van der Waals surface area contributed by atoms with E-state index < -0.39 is 6.09 Å². The number of nitrogens with one attached hydrogen (secondary N) is 1. The fourth-order valence-corrected chi connectivity index (χ4v) is 2.67. The molecule has 0 spiro atoms. The third-order valence-corrected chi connectivity index (χ3v) is 4.06. The van der Waals surface area contributed by atoms with Gasteiger partial charge in [-0.25, -0.2) is 4.79 Å². The van der Waals surface area contributed by atoms with Gasteiger partial charge in [-0.05, 0) is 29.7 Å². The molecule has 0 saturated heterocycles. The van der Waals surface area contributed by atoms with Crippen LogP contribution in [0.1, 0.15) is 41.3 Å². The summed E-state index contributed by atoms with van der Waals surface area (Å²) in [7, 11) is 0. The fourth-order valence-electron chi connectivity index (χ4n) is 2.67. The zero-order chi connectivity index (χ0) is 19.2. The average Bonchev–Trinajstić information content (AvgIpc) is 3.30. The lowest BCUT2D eigenvalue weighted by Gasteiger charge is -2.09. The van der Waals surface area contributed by atoms with Crippen molar-refractivity contribution in [3.05, 3.63) is 71.4 Å². The first-order valence-corrected chi connectivity index (χ1v) is 8.68. The van der Waals surface area contributed by atoms with Gasteiger partial charge in [0, 0.05) is 13.1 Å². The molecule has 0 fully saturated rings. The van der Waals surface area contributed by atoms with Gasteiger partial charge >= 0.3 is 6.09 Å². The molecule has 0 bridgehead atoms. The van der Waals surface area contributed by atoms with E-state index >= 15 is 0 Å². The average molecular weight is 367 g/mol. The summed E-state index contributed by atoms with van der Waals surface area (Å²) in [5.74, 6) is 0.788. The molecule has 7 nitrogen and oxygen atoms in total. The van der Waals surface area contributed by atoms with E-state index in [0.717, 1.165) is 17.5 Å². The monoisotopic (exact) mass is 367 g/mol. The molecule has 2 heterocycles. The molecule has 1 amide bonds. The molecular weight excluding hydrogens is 346 g/mol. The Morgan fingerprint density at radius 3 is 2.67 bits per heavy atom. The number of Topliss-reactive ketones (excluding diaryl/α,β-unsaturated/α-hetero) is 1. The van der Waals surface area contributed by atoms with E-state index in [1.165, 1.54) is 13.1 Å². The van der Waals surface area contributed by atoms with Crippen molar-refractivity contribution in [1.29, 1.82) is 0 Å². The van der Waals surface area contributed by atoms with Crippen molar-refractivity contribution in [2.45, 2.75) is 33.4 Å². The number of carbonyl (C=O) groups is 2. The molecule has 0 atom stereocenters. The molecule has 3 rings (SSSR count). The first kappa shape index (κ1) is 18.4. The largest absolute Gasteiger partial charge is 0.456 e. The highest BCUT2D eigenvalue weighted by Gasteiger charge is 2.10. The number of ether oxygens (including phenoxy) is 1. The maximum absolute atomic E-state index is 12.0. The third-order valence-electron chi connectivity index (χ3n) is 4.06. The van der Waals surface area contributed by atoms with Crippen molar-refractivity contribution < 1.29 is 18.7 Å². The summed E-state index contributed by atoms with van der Waals surface area (Å²) in [6.07, 6.45) is 3.52. The summed E-state index contributed by atoms with van der Waals surface area (Å²) >= 11 is 0. The molecule has 1 aromatic carbocycles. The molecular formula is C20H21N3O4. The van der Waals surface area contributed by atoms with Crippen LogP contribution in [0.15, 0.2) is 53.2 Å². The Balaban J connectivity index is 1.53. The second kappa shape index (κ2) is 8.35. The molecule has 140 valence electrons. The SMILES string of the molecule is CCc1ccccc1COC(=O)Nc1cnn(Cc2ccc(C(C)=O)o2)c1. The van der Waals surface area contributed by atoms with Crippen molar-refractivity contribution >= 4 is 17.6 Å². The van der Waals surface area contributed by atoms with E-state index in [1.54, 1.807) is 23.0 Å². The van der Waals surface area contributed by atoms with Crippen molar-refractivity contribution in [1.82, 2.24) is 9.78 Å². The lowest BCUT2D eigenvalue weighted by Crippen LogP contribution is -2.13. The molecule has 0 unspecified atom stereocenters. The van der Waals surface area contributed by atoms with Crippen molar-refractivity contribution in [3.63, 3.8) is 0 Å². The molecule has 2 aromatic heterocycles. The number of rotatable bonds is 7. The summed E-state index contributed by atoms with van der Waals surface area (Å²) in [5, 5.41) is 6.82. The summed E-state index contributed by atoms with van der Waals surface area (Å²) in [4.78, 5) is 23.3. The van der Waals surface area contributed by atoms with E-state index in [1.807, 2.05) is 24.3 Å². The van der Waals surface area contributed by atoms with Gasteiger partial charge in [-0.1, -0.05) is 31.2 Å². The van der Waals surface area contributed by atoms with E-state index in [9.17, 15) is 9.59 Å². The Morgan fingerprint density at radius 2 is 1.96 bits per heavy atom. The van der Waals surface area contributed by atoms with Crippen LogP contribution in [0.4, 0.5) is 10.5 Å².